The second-order valence-electron chi connectivity index (χ2n) is 5.29. The average Bonchev–Trinajstić information content (AvgIpc) is 2.86. The molecular weight excluding hydrogens is 312 g/mol. The Hall–Kier alpha value is -2.47. The van der Waals surface area contributed by atoms with Gasteiger partial charge in [-0.2, -0.15) is 0 Å². The number of nitrogens with zero attached hydrogens (tertiary/aromatic N) is 1. The van der Waals surface area contributed by atoms with Gasteiger partial charge in [0.05, 0.1) is 0 Å². The van der Waals surface area contributed by atoms with Gasteiger partial charge >= 0.3 is 0 Å². The Morgan fingerprint density at radius 2 is 2.09 bits per heavy atom. The number of aryl methyl sites for hydroxylation is 1. The molecule has 0 saturated heterocycles. The van der Waals surface area contributed by atoms with E-state index in [0.29, 0.717) is 34.0 Å². The van der Waals surface area contributed by atoms with Gasteiger partial charge in [-0.25, -0.2) is 4.98 Å². The summed E-state index contributed by atoms with van der Waals surface area (Å²) < 4.78 is 16.7. The first-order valence-corrected chi connectivity index (χ1v) is 8.81. The Bertz CT molecular complexity index is 902. The summed E-state index contributed by atoms with van der Waals surface area (Å²) in [6.45, 7) is 1.78. The van der Waals surface area contributed by atoms with Gasteiger partial charge in [-0.15, -0.1) is 0 Å². The molecular formula is C17H16N2O3S. The van der Waals surface area contributed by atoms with Crippen molar-refractivity contribution in [3.8, 4) is 0 Å². The van der Waals surface area contributed by atoms with Crippen LogP contribution >= 0.6 is 0 Å². The number of fused-ring (bicyclic) bond motifs is 1. The van der Waals surface area contributed by atoms with E-state index in [2.05, 4.69) is 10.3 Å². The number of carbonyl (C=O) groups is 1. The fraction of sp³-hybridized carbons (Fsp3) is 0.176. The molecule has 0 radical (unpaired) electrons. The van der Waals surface area contributed by atoms with Crippen molar-refractivity contribution in [3.63, 3.8) is 0 Å². The number of aromatic nitrogens is 1. The number of nitrogens with one attached hydrogen (secondary N) is 1. The fourth-order valence-corrected chi connectivity index (χ4v) is 3.01. The zero-order valence-electron chi connectivity index (χ0n) is 12.8. The first-order valence-electron chi connectivity index (χ1n) is 7.09. The van der Waals surface area contributed by atoms with E-state index < -0.39 is 10.8 Å². The van der Waals surface area contributed by atoms with Crippen molar-refractivity contribution in [1.82, 2.24) is 4.98 Å². The molecule has 0 fully saturated rings. The number of oxazole rings is 1. The lowest BCUT2D eigenvalue weighted by atomic mass is 10.1. The number of carbonyl (C=O) groups excluding carboxylic acids is 1. The van der Waals surface area contributed by atoms with Crippen LogP contribution in [0.25, 0.3) is 11.1 Å². The minimum Gasteiger partial charge on any atom is -0.441 e. The van der Waals surface area contributed by atoms with Crippen LogP contribution in [-0.2, 0) is 16.6 Å². The van der Waals surface area contributed by atoms with E-state index in [-0.39, 0.29) is 5.91 Å². The van der Waals surface area contributed by atoms with Gasteiger partial charge in [0.2, 0.25) is 0 Å². The summed E-state index contributed by atoms with van der Waals surface area (Å²) in [4.78, 5) is 16.6. The van der Waals surface area contributed by atoms with Crippen molar-refractivity contribution in [2.45, 2.75) is 12.7 Å². The molecule has 118 valence electrons. The van der Waals surface area contributed by atoms with E-state index in [1.807, 2.05) is 6.07 Å². The minimum absolute atomic E-state index is 0.215. The predicted molar refractivity (Wildman–Crippen MR) is 90.9 cm³/mol. The first kappa shape index (κ1) is 15.4. The first-order chi connectivity index (χ1) is 11.0. The maximum Gasteiger partial charge on any atom is 0.255 e. The van der Waals surface area contributed by atoms with E-state index in [1.165, 1.54) is 0 Å². The van der Waals surface area contributed by atoms with Crippen LogP contribution in [0.1, 0.15) is 21.8 Å². The van der Waals surface area contributed by atoms with Crippen molar-refractivity contribution in [2.24, 2.45) is 0 Å². The summed E-state index contributed by atoms with van der Waals surface area (Å²) in [5, 5.41) is 2.84. The van der Waals surface area contributed by atoms with Crippen molar-refractivity contribution in [1.29, 1.82) is 0 Å². The normalized spacial score (nSPS) is 12.3. The smallest absolute Gasteiger partial charge is 0.255 e. The van der Waals surface area contributed by atoms with Crippen LogP contribution in [0.2, 0.25) is 0 Å². The topological polar surface area (TPSA) is 72.2 Å². The zero-order valence-corrected chi connectivity index (χ0v) is 13.6. The third-order valence-electron chi connectivity index (χ3n) is 3.31. The second kappa shape index (κ2) is 6.34. The summed E-state index contributed by atoms with van der Waals surface area (Å²) in [5.74, 6) is 0.808. The molecule has 1 aromatic heterocycles. The van der Waals surface area contributed by atoms with Crippen LogP contribution < -0.4 is 5.32 Å². The maximum atomic E-state index is 12.4. The van der Waals surface area contributed by atoms with Crippen molar-refractivity contribution >= 4 is 33.5 Å². The SMILES string of the molecule is Cc1nc2cc(NC(=O)c3cccc(CS(C)=O)c3)ccc2o1. The number of hydrogen-bond donors (Lipinski definition) is 1. The summed E-state index contributed by atoms with van der Waals surface area (Å²) in [6, 6.07) is 12.5. The number of anilines is 1. The monoisotopic (exact) mass is 328 g/mol. The van der Waals surface area contributed by atoms with E-state index in [4.69, 9.17) is 4.42 Å². The van der Waals surface area contributed by atoms with Crippen LogP contribution in [-0.4, -0.2) is 21.4 Å². The maximum absolute atomic E-state index is 12.4. The van der Waals surface area contributed by atoms with Gasteiger partial charge in [-0.1, -0.05) is 12.1 Å². The Morgan fingerprint density at radius 3 is 2.87 bits per heavy atom. The molecule has 1 amide bonds. The quantitative estimate of drug-likeness (QED) is 0.798. The highest BCUT2D eigenvalue weighted by Crippen LogP contribution is 2.20. The molecule has 6 heteroatoms. The Labute approximate surface area is 136 Å². The molecule has 0 saturated carbocycles. The molecule has 1 unspecified atom stereocenters. The van der Waals surface area contributed by atoms with Crippen molar-refractivity contribution < 1.29 is 13.4 Å². The van der Waals surface area contributed by atoms with Crippen LogP contribution in [0.4, 0.5) is 5.69 Å². The van der Waals surface area contributed by atoms with Crippen LogP contribution in [0.3, 0.4) is 0 Å². The predicted octanol–water partition coefficient (Wildman–Crippen LogP) is 3.27. The van der Waals surface area contributed by atoms with Crippen LogP contribution in [0.5, 0.6) is 0 Å². The molecule has 1 heterocycles. The highest BCUT2D eigenvalue weighted by molar-refractivity contribution is 7.83. The van der Waals surface area contributed by atoms with Crippen LogP contribution in [0, 0.1) is 6.92 Å². The number of rotatable bonds is 4. The molecule has 0 aliphatic carbocycles. The molecule has 0 aliphatic heterocycles. The molecule has 1 N–H and O–H groups in total. The van der Waals surface area contributed by atoms with Gasteiger partial charge in [0.15, 0.2) is 11.5 Å². The molecule has 0 spiro atoms. The molecule has 5 nitrogen and oxygen atoms in total. The van der Waals surface area contributed by atoms with E-state index in [1.54, 1.807) is 49.6 Å². The Balaban J connectivity index is 1.81. The molecule has 2 aromatic carbocycles. The summed E-state index contributed by atoms with van der Waals surface area (Å²) in [7, 11) is -0.940. The van der Waals surface area contributed by atoms with E-state index >= 15 is 0 Å². The van der Waals surface area contributed by atoms with E-state index in [9.17, 15) is 9.00 Å². The van der Waals surface area contributed by atoms with Gasteiger partial charge in [0.25, 0.3) is 5.91 Å². The molecule has 23 heavy (non-hydrogen) atoms. The summed E-state index contributed by atoms with van der Waals surface area (Å²) >= 11 is 0. The summed E-state index contributed by atoms with van der Waals surface area (Å²) in [5.41, 5.74) is 3.45. The molecule has 3 rings (SSSR count). The van der Waals surface area contributed by atoms with Crippen molar-refractivity contribution in [2.75, 3.05) is 11.6 Å². The number of hydrogen-bond acceptors (Lipinski definition) is 4. The lowest BCUT2D eigenvalue weighted by Crippen LogP contribution is -2.12. The lowest BCUT2D eigenvalue weighted by Gasteiger charge is -2.06. The van der Waals surface area contributed by atoms with Gasteiger partial charge in [0, 0.05) is 41.0 Å². The fourth-order valence-electron chi connectivity index (χ4n) is 2.36. The van der Waals surface area contributed by atoms with E-state index in [0.717, 1.165) is 5.56 Å². The molecule has 0 bridgehead atoms. The van der Waals surface area contributed by atoms with Gasteiger partial charge in [-0.05, 0) is 35.9 Å². The minimum atomic E-state index is -0.940. The van der Waals surface area contributed by atoms with Crippen LogP contribution in [0.15, 0.2) is 46.9 Å². The molecule has 0 aliphatic rings. The highest BCUT2D eigenvalue weighted by atomic mass is 32.2. The Kier molecular flexibility index (Phi) is 4.25. The second-order valence-corrected chi connectivity index (χ2v) is 6.72. The zero-order chi connectivity index (χ0) is 16.4. The average molecular weight is 328 g/mol. The van der Waals surface area contributed by atoms with Gasteiger partial charge in [0.1, 0.15) is 5.52 Å². The number of amides is 1. The molecule has 3 aromatic rings. The molecule has 1 atom stereocenters. The standard InChI is InChI=1S/C17H16N2O3S/c1-11-18-15-9-14(6-7-16(15)22-11)19-17(20)13-5-3-4-12(8-13)10-23(2)21/h3-9H,10H2,1-2H3,(H,19,20). The third-order valence-corrected chi connectivity index (χ3v) is 4.05. The largest absolute Gasteiger partial charge is 0.441 e. The van der Waals surface area contributed by atoms with Gasteiger partial charge < -0.3 is 9.73 Å². The van der Waals surface area contributed by atoms with Crippen molar-refractivity contribution in [3.05, 3.63) is 59.5 Å². The van der Waals surface area contributed by atoms with Gasteiger partial charge in [-0.3, -0.25) is 9.00 Å². The Morgan fingerprint density at radius 1 is 1.26 bits per heavy atom. The third kappa shape index (κ3) is 3.65. The highest BCUT2D eigenvalue weighted by Gasteiger charge is 2.09. The number of benzene rings is 2. The summed E-state index contributed by atoms with van der Waals surface area (Å²) in [6.07, 6.45) is 1.64. The lowest BCUT2D eigenvalue weighted by molar-refractivity contribution is 0.102.